The fraction of sp³-hybridized carbons (Fsp3) is 0.100. The van der Waals surface area contributed by atoms with E-state index in [-0.39, 0.29) is 12.1 Å². The Labute approximate surface area is 159 Å². The third-order valence-electron chi connectivity index (χ3n) is 4.50. The Kier molecular flexibility index (Phi) is 4.36. The number of H-pyrrole nitrogens is 1. The van der Waals surface area contributed by atoms with Gasteiger partial charge in [0.25, 0.3) is 11.7 Å². The van der Waals surface area contributed by atoms with E-state index in [0.29, 0.717) is 11.2 Å². The summed E-state index contributed by atoms with van der Waals surface area (Å²) in [4.78, 5) is 44.1. The second kappa shape index (κ2) is 6.99. The van der Waals surface area contributed by atoms with E-state index in [1.807, 2.05) is 36.4 Å². The van der Waals surface area contributed by atoms with Crippen molar-refractivity contribution in [2.75, 3.05) is 0 Å². The largest absolute Gasteiger partial charge is 0.360 e. The zero-order chi connectivity index (χ0) is 19.7. The van der Waals surface area contributed by atoms with Crippen molar-refractivity contribution in [1.29, 1.82) is 0 Å². The van der Waals surface area contributed by atoms with Crippen LogP contribution in [0.2, 0.25) is 0 Å². The predicted octanol–water partition coefficient (Wildman–Crippen LogP) is 1.86. The maximum Gasteiger partial charge on any atom is 0.310 e. The molecule has 4 rings (SSSR count). The Morgan fingerprint density at radius 3 is 2.64 bits per heavy atom. The molecule has 0 saturated heterocycles. The summed E-state index contributed by atoms with van der Waals surface area (Å²) in [7, 11) is 0. The quantitative estimate of drug-likeness (QED) is 0.287. The average molecular weight is 375 g/mol. The summed E-state index contributed by atoms with van der Waals surface area (Å²) in [6.45, 7) is 1.76. The first kappa shape index (κ1) is 17.5. The molecule has 8 nitrogen and oxygen atoms in total. The lowest BCUT2D eigenvalue weighted by Crippen LogP contribution is -2.46. The number of aromatic nitrogens is 3. The van der Waals surface area contributed by atoms with E-state index in [0.717, 1.165) is 16.6 Å². The number of nitrogens with one attached hydrogen (secondary N) is 3. The van der Waals surface area contributed by atoms with E-state index in [1.165, 1.54) is 6.20 Å². The monoisotopic (exact) mass is 375 g/mol. The van der Waals surface area contributed by atoms with Gasteiger partial charge in [-0.1, -0.05) is 30.3 Å². The molecule has 0 unspecified atom stereocenters. The molecule has 0 bridgehead atoms. The number of aromatic amines is 1. The van der Waals surface area contributed by atoms with Crippen molar-refractivity contribution in [1.82, 2.24) is 25.4 Å². The molecule has 2 amide bonds. The van der Waals surface area contributed by atoms with Crippen LogP contribution in [-0.2, 0) is 16.1 Å². The molecule has 0 radical (unpaired) electrons. The van der Waals surface area contributed by atoms with Gasteiger partial charge in [-0.25, -0.2) is 4.98 Å². The zero-order valence-corrected chi connectivity index (χ0v) is 15.0. The normalized spacial score (nSPS) is 10.9. The molecule has 8 heteroatoms. The number of Topliss-reactive ketones (excluding diaryl/α,β-unsaturated/α-hetero) is 1. The number of hydrogen-bond acceptors (Lipinski definition) is 4. The van der Waals surface area contributed by atoms with Gasteiger partial charge in [0.1, 0.15) is 12.4 Å². The molecule has 0 saturated carbocycles. The number of hydrazine groups is 1. The molecular weight excluding hydrogens is 358 g/mol. The Morgan fingerprint density at radius 1 is 1.04 bits per heavy atom. The van der Waals surface area contributed by atoms with Gasteiger partial charge in [-0.15, -0.1) is 0 Å². The topological polar surface area (TPSA) is 109 Å². The highest BCUT2D eigenvalue weighted by Crippen LogP contribution is 2.18. The molecule has 0 fully saturated rings. The van der Waals surface area contributed by atoms with Crippen LogP contribution in [0.1, 0.15) is 16.2 Å². The highest BCUT2D eigenvalue weighted by atomic mass is 16.2. The van der Waals surface area contributed by atoms with Gasteiger partial charge >= 0.3 is 5.91 Å². The minimum absolute atomic E-state index is 0.0338. The lowest BCUT2D eigenvalue weighted by molar-refractivity contribution is -0.127. The summed E-state index contributed by atoms with van der Waals surface area (Å²) >= 11 is 0. The van der Waals surface area contributed by atoms with E-state index < -0.39 is 17.6 Å². The molecule has 0 aliphatic heterocycles. The third-order valence-corrected chi connectivity index (χ3v) is 4.50. The van der Waals surface area contributed by atoms with E-state index in [2.05, 4.69) is 20.8 Å². The number of para-hydroxylation sites is 3. The number of rotatable bonds is 4. The molecule has 2 aromatic carbocycles. The third kappa shape index (κ3) is 3.11. The summed E-state index contributed by atoms with van der Waals surface area (Å²) in [5.41, 5.74) is 7.07. The van der Waals surface area contributed by atoms with Gasteiger partial charge < -0.3 is 9.55 Å². The number of benzene rings is 2. The number of fused-ring (bicyclic) bond motifs is 2. The second-order valence-corrected chi connectivity index (χ2v) is 6.31. The molecule has 28 heavy (non-hydrogen) atoms. The standard InChI is InChI=1S/C20H17N5O3/c1-12-22-16-8-4-5-9-17(16)25(12)11-18(26)23-24-20(28)19(27)14-10-21-15-7-3-2-6-13(14)15/h2-10,21H,11H2,1H3,(H,23,26)(H,24,28). The van der Waals surface area contributed by atoms with Gasteiger partial charge in [0, 0.05) is 17.1 Å². The number of hydrogen-bond donors (Lipinski definition) is 3. The number of nitrogens with zero attached hydrogens (tertiary/aromatic N) is 2. The van der Waals surface area contributed by atoms with Crippen LogP contribution >= 0.6 is 0 Å². The van der Waals surface area contributed by atoms with Crippen molar-refractivity contribution in [3.05, 3.63) is 66.1 Å². The molecule has 140 valence electrons. The van der Waals surface area contributed by atoms with Crippen molar-refractivity contribution < 1.29 is 14.4 Å². The molecule has 0 spiro atoms. The van der Waals surface area contributed by atoms with Crippen molar-refractivity contribution in [2.45, 2.75) is 13.5 Å². The number of carbonyl (C=O) groups is 3. The summed E-state index contributed by atoms with van der Waals surface area (Å²) in [6, 6.07) is 14.6. The van der Waals surface area contributed by atoms with Crippen LogP contribution < -0.4 is 10.9 Å². The molecule has 2 aromatic heterocycles. The predicted molar refractivity (Wildman–Crippen MR) is 103 cm³/mol. The van der Waals surface area contributed by atoms with Gasteiger partial charge in [-0.3, -0.25) is 25.2 Å². The zero-order valence-electron chi connectivity index (χ0n) is 15.0. The van der Waals surface area contributed by atoms with E-state index >= 15 is 0 Å². The number of aryl methyl sites for hydroxylation is 1. The molecule has 4 aromatic rings. The van der Waals surface area contributed by atoms with Gasteiger partial charge in [0.15, 0.2) is 0 Å². The Balaban J connectivity index is 1.42. The van der Waals surface area contributed by atoms with E-state index in [4.69, 9.17) is 0 Å². The van der Waals surface area contributed by atoms with Crippen molar-refractivity contribution >= 4 is 39.5 Å². The van der Waals surface area contributed by atoms with Gasteiger partial charge in [0.2, 0.25) is 0 Å². The number of carbonyl (C=O) groups excluding carboxylic acids is 3. The van der Waals surface area contributed by atoms with Crippen LogP contribution in [0, 0.1) is 6.92 Å². The fourth-order valence-corrected chi connectivity index (χ4v) is 3.14. The second-order valence-electron chi connectivity index (χ2n) is 6.31. The van der Waals surface area contributed by atoms with Gasteiger partial charge in [0.05, 0.1) is 16.6 Å². The average Bonchev–Trinajstić information content (AvgIpc) is 3.27. The van der Waals surface area contributed by atoms with Crippen LogP contribution in [0.25, 0.3) is 21.9 Å². The first-order valence-electron chi connectivity index (χ1n) is 8.66. The van der Waals surface area contributed by atoms with Crippen LogP contribution in [0.4, 0.5) is 0 Å². The van der Waals surface area contributed by atoms with Crippen LogP contribution in [-0.4, -0.2) is 32.1 Å². The van der Waals surface area contributed by atoms with Gasteiger partial charge in [-0.05, 0) is 25.1 Å². The van der Waals surface area contributed by atoms with Crippen LogP contribution in [0.15, 0.2) is 54.7 Å². The summed E-state index contributed by atoms with van der Waals surface area (Å²) in [6.07, 6.45) is 1.48. The first-order valence-corrected chi connectivity index (χ1v) is 8.66. The molecule has 0 atom stereocenters. The SMILES string of the molecule is Cc1nc2ccccc2n1CC(=O)NNC(=O)C(=O)c1c[nH]c2ccccc12. The Bertz CT molecular complexity index is 1220. The smallest absolute Gasteiger partial charge is 0.310 e. The highest BCUT2D eigenvalue weighted by molar-refractivity contribution is 6.45. The Morgan fingerprint density at radius 2 is 1.79 bits per heavy atom. The molecular formula is C20H17N5O3. The summed E-state index contributed by atoms with van der Waals surface area (Å²) in [5.74, 6) is -1.43. The molecule has 0 aliphatic rings. The molecule has 0 aliphatic carbocycles. The molecule has 2 heterocycles. The maximum absolute atomic E-state index is 12.4. The Hall–Kier alpha value is -3.94. The minimum Gasteiger partial charge on any atom is -0.360 e. The first-order chi connectivity index (χ1) is 13.5. The van der Waals surface area contributed by atoms with Crippen molar-refractivity contribution in [3.63, 3.8) is 0 Å². The van der Waals surface area contributed by atoms with Crippen LogP contribution in [0.3, 0.4) is 0 Å². The number of amides is 2. The van der Waals surface area contributed by atoms with Crippen molar-refractivity contribution in [3.8, 4) is 0 Å². The van der Waals surface area contributed by atoms with Crippen molar-refractivity contribution in [2.24, 2.45) is 0 Å². The lowest BCUT2D eigenvalue weighted by Gasteiger charge is -2.09. The van der Waals surface area contributed by atoms with Gasteiger partial charge in [-0.2, -0.15) is 0 Å². The summed E-state index contributed by atoms with van der Waals surface area (Å²) in [5, 5.41) is 0.648. The maximum atomic E-state index is 12.4. The minimum atomic E-state index is -0.912. The van der Waals surface area contributed by atoms with Crippen LogP contribution in [0.5, 0.6) is 0 Å². The number of ketones is 1. The highest BCUT2D eigenvalue weighted by Gasteiger charge is 2.20. The fourth-order valence-electron chi connectivity index (χ4n) is 3.14. The van der Waals surface area contributed by atoms with E-state index in [1.54, 1.807) is 23.6 Å². The molecule has 3 N–H and O–H groups in total. The van der Waals surface area contributed by atoms with E-state index in [9.17, 15) is 14.4 Å². The lowest BCUT2D eigenvalue weighted by atomic mass is 10.1. The number of imidazole rings is 1. The summed E-state index contributed by atoms with van der Waals surface area (Å²) < 4.78 is 1.73.